The van der Waals surface area contributed by atoms with Crippen LogP contribution in [0.15, 0.2) is 47.7 Å². The number of halogens is 4. The summed E-state index contributed by atoms with van der Waals surface area (Å²) < 4.78 is 62.9. The molecule has 0 amide bonds. The van der Waals surface area contributed by atoms with Gasteiger partial charge >= 0.3 is 11.8 Å². The van der Waals surface area contributed by atoms with Gasteiger partial charge < -0.3 is 4.74 Å². The van der Waals surface area contributed by atoms with E-state index in [0.717, 1.165) is 29.9 Å². The molecule has 0 aromatic heterocycles. The van der Waals surface area contributed by atoms with Crippen LogP contribution in [0.25, 0.3) is 0 Å². The first-order valence-corrected chi connectivity index (χ1v) is 15.1. The van der Waals surface area contributed by atoms with Crippen LogP contribution >= 0.6 is 0 Å². The zero-order chi connectivity index (χ0) is 27.2. The summed E-state index contributed by atoms with van der Waals surface area (Å²) in [6.45, 7) is 3.82. The van der Waals surface area contributed by atoms with Crippen molar-refractivity contribution in [3.63, 3.8) is 0 Å². The van der Waals surface area contributed by atoms with Gasteiger partial charge in [-0.1, -0.05) is 89.1 Å². The van der Waals surface area contributed by atoms with E-state index in [1.54, 1.807) is 6.92 Å². The average Bonchev–Trinajstić information content (AvgIpc) is 2.92. The van der Waals surface area contributed by atoms with Gasteiger partial charge in [-0.15, -0.1) is 0 Å². The van der Waals surface area contributed by atoms with E-state index < -0.39 is 23.2 Å². The highest BCUT2D eigenvalue weighted by molar-refractivity contribution is 5.35. The molecule has 38 heavy (non-hydrogen) atoms. The van der Waals surface area contributed by atoms with Crippen LogP contribution in [0, 0.1) is 17.8 Å². The van der Waals surface area contributed by atoms with Gasteiger partial charge in [0.05, 0.1) is 0 Å². The van der Waals surface area contributed by atoms with E-state index in [0.29, 0.717) is 17.9 Å². The Kier molecular flexibility index (Phi) is 10.0. The molecule has 0 spiro atoms. The highest BCUT2D eigenvalue weighted by Crippen LogP contribution is 2.49. The van der Waals surface area contributed by atoms with Crippen molar-refractivity contribution in [2.45, 2.75) is 128 Å². The Labute approximate surface area is 227 Å². The molecule has 212 valence electrons. The zero-order valence-electron chi connectivity index (χ0n) is 23.3. The second-order valence-corrected chi connectivity index (χ2v) is 12.0. The van der Waals surface area contributed by atoms with E-state index in [4.69, 9.17) is 4.74 Å². The van der Waals surface area contributed by atoms with Crippen molar-refractivity contribution >= 4 is 0 Å². The highest BCUT2D eigenvalue weighted by Gasteiger charge is 2.63. The van der Waals surface area contributed by atoms with Crippen LogP contribution in [0.1, 0.15) is 121 Å². The average molecular weight is 535 g/mol. The molecule has 2 saturated carbocycles. The third kappa shape index (κ3) is 6.67. The van der Waals surface area contributed by atoms with Gasteiger partial charge in [-0.25, -0.2) is 0 Å². The van der Waals surface area contributed by atoms with Gasteiger partial charge in [0.1, 0.15) is 6.61 Å². The topological polar surface area (TPSA) is 9.23 Å². The maximum atomic E-state index is 14.5. The van der Waals surface area contributed by atoms with Crippen molar-refractivity contribution in [2.75, 3.05) is 0 Å². The minimum atomic E-state index is -4.33. The van der Waals surface area contributed by atoms with Crippen LogP contribution in [-0.2, 0) is 11.3 Å². The lowest BCUT2D eigenvalue weighted by atomic mass is 9.68. The van der Waals surface area contributed by atoms with Crippen molar-refractivity contribution in [1.82, 2.24) is 0 Å². The molecule has 0 unspecified atom stereocenters. The molecule has 0 N–H and O–H groups in total. The minimum absolute atomic E-state index is 0.0595. The summed E-state index contributed by atoms with van der Waals surface area (Å²) in [5, 5.41) is 0. The van der Waals surface area contributed by atoms with E-state index in [1.807, 2.05) is 12.1 Å². The van der Waals surface area contributed by atoms with Gasteiger partial charge in [0.25, 0.3) is 0 Å². The summed E-state index contributed by atoms with van der Waals surface area (Å²) in [7, 11) is 0. The number of benzene rings is 1. The molecule has 5 heteroatoms. The highest BCUT2D eigenvalue weighted by atomic mass is 19.3. The molecule has 0 radical (unpaired) electrons. The summed E-state index contributed by atoms with van der Waals surface area (Å²) in [4.78, 5) is 0. The van der Waals surface area contributed by atoms with Crippen LogP contribution in [0.2, 0.25) is 0 Å². The Morgan fingerprint density at radius 2 is 1.37 bits per heavy atom. The third-order valence-electron chi connectivity index (χ3n) is 9.45. The van der Waals surface area contributed by atoms with Gasteiger partial charge in [-0.05, 0) is 85.8 Å². The molecular weight excluding hydrogens is 488 g/mol. The predicted molar refractivity (Wildman–Crippen MR) is 146 cm³/mol. The molecule has 3 aliphatic rings. The number of hydrogen-bond donors (Lipinski definition) is 0. The Hall–Kier alpha value is -1.78. The summed E-state index contributed by atoms with van der Waals surface area (Å²) in [5.74, 6) is -6.24. The van der Waals surface area contributed by atoms with Crippen LogP contribution in [0.4, 0.5) is 17.6 Å². The number of hydrogen-bond acceptors (Lipinski definition) is 1. The Morgan fingerprint density at radius 1 is 0.737 bits per heavy atom. The normalized spacial score (nSPS) is 28.9. The van der Waals surface area contributed by atoms with Crippen molar-refractivity contribution < 1.29 is 22.3 Å². The number of ether oxygens (including phenoxy) is 1. The Morgan fingerprint density at radius 3 is 1.97 bits per heavy atom. The van der Waals surface area contributed by atoms with E-state index in [-0.39, 0.29) is 13.0 Å². The molecule has 0 bridgehead atoms. The Bertz CT molecular complexity index is 932. The molecule has 0 heterocycles. The van der Waals surface area contributed by atoms with Gasteiger partial charge in [-0.3, -0.25) is 0 Å². The van der Waals surface area contributed by atoms with Gasteiger partial charge in [0, 0.05) is 5.57 Å². The van der Waals surface area contributed by atoms with E-state index in [1.165, 1.54) is 82.6 Å². The third-order valence-corrected chi connectivity index (χ3v) is 9.45. The monoisotopic (exact) mass is 534 g/mol. The van der Waals surface area contributed by atoms with Crippen LogP contribution in [-0.4, -0.2) is 11.8 Å². The number of allylic oxidation sites excluding steroid dienone is 4. The van der Waals surface area contributed by atoms with Crippen LogP contribution in [0.5, 0.6) is 0 Å². The first-order chi connectivity index (χ1) is 18.3. The van der Waals surface area contributed by atoms with Crippen molar-refractivity contribution in [1.29, 1.82) is 0 Å². The largest absolute Gasteiger partial charge is 0.487 e. The molecule has 0 atom stereocenters. The molecular formula is C33H46F4O. The second-order valence-electron chi connectivity index (χ2n) is 12.0. The first-order valence-electron chi connectivity index (χ1n) is 15.1. The van der Waals surface area contributed by atoms with Crippen molar-refractivity contribution in [2.24, 2.45) is 17.8 Å². The molecule has 4 rings (SSSR count). The molecule has 2 fully saturated rings. The fourth-order valence-corrected chi connectivity index (χ4v) is 6.99. The molecule has 0 aliphatic heterocycles. The second kappa shape index (κ2) is 13.0. The van der Waals surface area contributed by atoms with E-state index in [2.05, 4.69) is 19.1 Å². The fraction of sp³-hybridized carbons (Fsp3) is 0.697. The van der Waals surface area contributed by atoms with Crippen molar-refractivity contribution in [3.05, 3.63) is 58.9 Å². The zero-order valence-corrected chi connectivity index (χ0v) is 23.3. The van der Waals surface area contributed by atoms with Crippen LogP contribution in [0.3, 0.4) is 0 Å². The number of rotatable bonds is 11. The van der Waals surface area contributed by atoms with Gasteiger partial charge in [0.2, 0.25) is 0 Å². The summed E-state index contributed by atoms with van der Waals surface area (Å²) >= 11 is 0. The van der Waals surface area contributed by atoms with Crippen molar-refractivity contribution in [3.8, 4) is 0 Å². The summed E-state index contributed by atoms with van der Waals surface area (Å²) in [6.07, 6.45) is 18.6. The summed E-state index contributed by atoms with van der Waals surface area (Å²) in [6, 6.07) is 7.90. The van der Waals surface area contributed by atoms with Gasteiger partial charge in [-0.2, -0.15) is 17.6 Å². The maximum Gasteiger partial charge on any atom is 0.369 e. The number of unbranched alkanes of at least 4 members (excludes halogenated alkanes) is 2. The predicted octanol–water partition coefficient (Wildman–Crippen LogP) is 10.8. The fourth-order valence-electron chi connectivity index (χ4n) is 6.99. The Balaban J connectivity index is 1.24. The molecule has 0 saturated heterocycles. The lowest BCUT2D eigenvalue weighted by Gasteiger charge is -2.38. The maximum absolute atomic E-state index is 14.5. The summed E-state index contributed by atoms with van der Waals surface area (Å²) in [5.41, 5.74) is 1.46. The number of alkyl halides is 4. The first kappa shape index (κ1) is 29.2. The van der Waals surface area contributed by atoms with E-state index >= 15 is 0 Å². The molecule has 3 aliphatic carbocycles. The quantitative estimate of drug-likeness (QED) is 0.203. The van der Waals surface area contributed by atoms with Crippen LogP contribution < -0.4 is 0 Å². The molecule has 1 nitrogen and oxygen atoms in total. The van der Waals surface area contributed by atoms with Gasteiger partial charge in [0.15, 0.2) is 5.76 Å². The molecule has 1 aromatic carbocycles. The smallest absolute Gasteiger partial charge is 0.369 e. The lowest BCUT2D eigenvalue weighted by Crippen LogP contribution is -2.45. The SMILES string of the molecule is CCCCCC1CCC(C2CCC(c3ccc(COC4=CC=C(CCC)C(F)(F)C4(F)F)cc3)CC2)CC1. The standard InChI is InChI=1S/C33H46F4O/c1-3-5-6-8-24-9-13-26(14-10-24)28-17-19-29(20-18-28)27-15-11-25(12-16-27)23-38-31-22-21-30(7-4-2)32(34,35)33(31,36)37/h11-12,15-16,21-22,24,26,28-29H,3-10,13-14,17-20,23H2,1-2H3. The molecule has 1 aromatic rings. The van der Waals surface area contributed by atoms with E-state index in [9.17, 15) is 17.6 Å². The minimum Gasteiger partial charge on any atom is -0.487 e. The lowest BCUT2D eigenvalue weighted by molar-refractivity contribution is -0.187.